The van der Waals surface area contributed by atoms with Gasteiger partial charge in [-0.25, -0.2) is 9.97 Å². The SMILES string of the molecule is Cc1nc2c(-c3ccncc3)nc(N3C=NC4C=CC(Cl)=CC43)nc2n1C1CCC(O)CC1. The van der Waals surface area contributed by atoms with Gasteiger partial charge in [-0.15, -0.1) is 0 Å². The summed E-state index contributed by atoms with van der Waals surface area (Å²) in [6, 6.07) is 4.06. The highest BCUT2D eigenvalue weighted by molar-refractivity contribution is 6.31. The van der Waals surface area contributed by atoms with Crippen LogP contribution in [0.5, 0.6) is 0 Å². The van der Waals surface area contributed by atoms with Gasteiger partial charge in [0.05, 0.1) is 24.5 Å². The van der Waals surface area contributed by atoms with E-state index < -0.39 is 0 Å². The summed E-state index contributed by atoms with van der Waals surface area (Å²) in [7, 11) is 0. The predicted molar refractivity (Wildman–Crippen MR) is 128 cm³/mol. The van der Waals surface area contributed by atoms with Gasteiger partial charge < -0.3 is 9.67 Å². The summed E-state index contributed by atoms with van der Waals surface area (Å²) in [6.45, 7) is 2.02. The Morgan fingerprint density at radius 3 is 2.64 bits per heavy atom. The van der Waals surface area contributed by atoms with Gasteiger partial charge in [-0.05, 0) is 56.9 Å². The minimum atomic E-state index is -0.220. The Morgan fingerprint density at radius 2 is 1.85 bits per heavy atom. The normalized spacial score (nSPS) is 26.6. The molecule has 33 heavy (non-hydrogen) atoms. The average Bonchev–Trinajstić information content (AvgIpc) is 3.39. The van der Waals surface area contributed by atoms with Crippen LogP contribution in [0, 0.1) is 6.92 Å². The van der Waals surface area contributed by atoms with Gasteiger partial charge in [0.2, 0.25) is 5.95 Å². The molecular formula is C24H24ClN7O. The van der Waals surface area contributed by atoms with E-state index in [1.54, 1.807) is 18.7 Å². The number of nitrogens with zero attached hydrogens (tertiary/aromatic N) is 7. The maximum Gasteiger partial charge on any atom is 0.233 e. The third kappa shape index (κ3) is 3.54. The van der Waals surface area contributed by atoms with E-state index in [2.05, 4.69) is 14.5 Å². The second kappa shape index (κ2) is 8.04. The fourth-order valence-electron chi connectivity index (χ4n) is 5.07. The van der Waals surface area contributed by atoms with Crippen molar-refractivity contribution in [3.8, 4) is 11.3 Å². The number of aliphatic hydroxyl groups excluding tert-OH is 1. The highest BCUT2D eigenvalue weighted by atomic mass is 35.5. The molecule has 0 radical (unpaired) electrons. The lowest BCUT2D eigenvalue weighted by molar-refractivity contribution is 0.111. The number of anilines is 1. The fourth-order valence-corrected chi connectivity index (χ4v) is 5.27. The summed E-state index contributed by atoms with van der Waals surface area (Å²) in [4.78, 5) is 25.7. The summed E-state index contributed by atoms with van der Waals surface area (Å²) in [5, 5.41) is 10.7. The number of aliphatic imine (C=N–C) groups is 1. The van der Waals surface area contributed by atoms with E-state index in [0.29, 0.717) is 11.0 Å². The molecule has 9 heteroatoms. The van der Waals surface area contributed by atoms with Crippen LogP contribution in [-0.4, -0.2) is 54.1 Å². The van der Waals surface area contributed by atoms with Gasteiger partial charge >= 0.3 is 0 Å². The molecule has 1 aliphatic heterocycles. The molecule has 0 spiro atoms. The van der Waals surface area contributed by atoms with E-state index in [-0.39, 0.29) is 24.2 Å². The minimum Gasteiger partial charge on any atom is -0.393 e. The van der Waals surface area contributed by atoms with Gasteiger partial charge in [0, 0.05) is 29.0 Å². The molecular weight excluding hydrogens is 438 g/mol. The topological polar surface area (TPSA) is 92.3 Å². The molecule has 8 nitrogen and oxygen atoms in total. The second-order valence-corrected chi connectivity index (χ2v) is 9.27. The summed E-state index contributed by atoms with van der Waals surface area (Å²) < 4.78 is 2.23. The van der Waals surface area contributed by atoms with Crippen LogP contribution in [0.3, 0.4) is 0 Å². The third-order valence-corrected chi connectivity index (χ3v) is 6.99. The molecule has 6 rings (SSSR count). The number of hydrogen-bond donors (Lipinski definition) is 1. The molecule has 4 heterocycles. The quantitative estimate of drug-likeness (QED) is 0.634. The Hall–Kier alpha value is -3.10. The predicted octanol–water partition coefficient (Wildman–Crippen LogP) is 3.95. The maximum atomic E-state index is 10.0. The van der Waals surface area contributed by atoms with Crippen molar-refractivity contribution in [3.05, 3.63) is 53.6 Å². The number of pyridine rings is 1. The number of aryl methyl sites for hydroxylation is 1. The van der Waals surface area contributed by atoms with Crippen molar-refractivity contribution in [2.24, 2.45) is 4.99 Å². The van der Waals surface area contributed by atoms with E-state index in [9.17, 15) is 5.11 Å². The van der Waals surface area contributed by atoms with E-state index in [1.165, 1.54) is 0 Å². The van der Waals surface area contributed by atoms with E-state index in [4.69, 9.17) is 26.6 Å². The van der Waals surface area contributed by atoms with Gasteiger partial charge in [-0.2, -0.15) is 4.98 Å². The van der Waals surface area contributed by atoms with Crippen molar-refractivity contribution in [1.29, 1.82) is 0 Å². The molecule has 168 valence electrons. The number of rotatable bonds is 3. The molecule has 3 aromatic heterocycles. The molecule has 1 N–H and O–H groups in total. The highest BCUT2D eigenvalue weighted by Crippen LogP contribution is 2.36. The van der Waals surface area contributed by atoms with Crippen molar-refractivity contribution in [1.82, 2.24) is 24.5 Å². The molecule has 1 fully saturated rings. The van der Waals surface area contributed by atoms with Crippen LogP contribution in [0.15, 0.2) is 52.8 Å². The van der Waals surface area contributed by atoms with Gasteiger partial charge in [0.15, 0.2) is 5.65 Å². The number of fused-ring (bicyclic) bond motifs is 2. The molecule has 3 aliphatic rings. The van der Waals surface area contributed by atoms with Crippen molar-refractivity contribution in [2.75, 3.05) is 4.90 Å². The van der Waals surface area contributed by atoms with Crippen LogP contribution in [0.4, 0.5) is 5.95 Å². The first-order chi connectivity index (χ1) is 16.1. The monoisotopic (exact) mass is 461 g/mol. The van der Waals surface area contributed by atoms with Crippen molar-refractivity contribution in [3.63, 3.8) is 0 Å². The standard InChI is InChI=1S/C24H24ClN7O/c1-14-28-22-21(15-8-10-26-11-9-15)29-24(31-13-27-19-7-2-16(25)12-20(19)31)30-23(22)32(14)17-3-5-18(33)6-4-17/h2,7-13,17-20,33H,3-6H2,1H3. The van der Waals surface area contributed by atoms with E-state index in [1.807, 2.05) is 42.2 Å². The number of allylic oxidation sites excluding steroid dienone is 2. The molecule has 0 saturated heterocycles. The van der Waals surface area contributed by atoms with E-state index in [0.717, 1.165) is 53.9 Å². The Labute approximate surface area is 196 Å². The Bertz CT molecular complexity index is 1290. The van der Waals surface area contributed by atoms with Crippen molar-refractivity contribution < 1.29 is 5.11 Å². The van der Waals surface area contributed by atoms with E-state index >= 15 is 0 Å². The van der Waals surface area contributed by atoms with Gasteiger partial charge in [-0.1, -0.05) is 17.7 Å². The average molecular weight is 462 g/mol. The molecule has 2 unspecified atom stereocenters. The van der Waals surface area contributed by atoms with Gasteiger partial charge in [0.1, 0.15) is 17.0 Å². The minimum absolute atomic E-state index is 0.0114. The lowest BCUT2D eigenvalue weighted by Gasteiger charge is -2.28. The number of aliphatic hydroxyl groups is 1. The third-order valence-electron chi connectivity index (χ3n) is 6.74. The van der Waals surface area contributed by atoms with Crippen LogP contribution in [0.2, 0.25) is 0 Å². The van der Waals surface area contributed by atoms with Crippen LogP contribution < -0.4 is 4.90 Å². The smallest absolute Gasteiger partial charge is 0.233 e. The lowest BCUT2D eigenvalue weighted by atomic mass is 9.93. The van der Waals surface area contributed by atoms with Crippen LogP contribution in [0.25, 0.3) is 22.4 Å². The fraction of sp³-hybridized carbons (Fsp3) is 0.375. The molecule has 2 aliphatic carbocycles. The molecule has 3 aromatic rings. The zero-order valence-electron chi connectivity index (χ0n) is 18.2. The number of hydrogen-bond acceptors (Lipinski definition) is 7. The number of halogens is 1. The number of imidazole rings is 1. The second-order valence-electron chi connectivity index (χ2n) is 8.84. The molecule has 0 aromatic carbocycles. The summed E-state index contributed by atoms with van der Waals surface area (Å²) in [5.41, 5.74) is 3.29. The Kier molecular flexibility index (Phi) is 4.99. The van der Waals surface area contributed by atoms with Gasteiger partial charge in [0.25, 0.3) is 0 Å². The largest absolute Gasteiger partial charge is 0.393 e. The Morgan fingerprint density at radius 1 is 1.06 bits per heavy atom. The molecule has 1 saturated carbocycles. The molecule has 0 bridgehead atoms. The van der Waals surface area contributed by atoms with Crippen LogP contribution >= 0.6 is 11.6 Å². The number of aromatic nitrogens is 5. The zero-order chi connectivity index (χ0) is 22.5. The van der Waals surface area contributed by atoms with Gasteiger partial charge in [-0.3, -0.25) is 14.9 Å². The van der Waals surface area contributed by atoms with Crippen molar-refractivity contribution >= 4 is 35.1 Å². The first-order valence-electron chi connectivity index (χ1n) is 11.3. The van der Waals surface area contributed by atoms with Crippen LogP contribution in [0.1, 0.15) is 37.5 Å². The zero-order valence-corrected chi connectivity index (χ0v) is 19.0. The summed E-state index contributed by atoms with van der Waals surface area (Å²) >= 11 is 6.31. The summed E-state index contributed by atoms with van der Waals surface area (Å²) in [5.74, 6) is 1.48. The summed E-state index contributed by atoms with van der Waals surface area (Å²) in [6.07, 6.45) is 14.4. The highest BCUT2D eigenvalue weighted by Gasteiger charge is 2.33. The first-order valence-corrected chi connectivity index (χ1v) is 11.7. The lowest BCUT2D eigenvalue weighted by Crippen LogP contribution is -2.36. The van der Waals surface area contributed by atoms with Crippen molar-refractivity contribution in [2.45, 2.75) is 56.8 Å². The first kappa shape index (κ1) is 20.5. The van der Waals surface area contributed by atoms with Crippen LogP contribution in [-0.2, 0) is 0 Å². The maximum absolute atomic E-state index is 10.0. The molecule has 2 atom stereocenters. The molecule has 0 amide bonds. The Balaban J connectivity index is 1.53.